The van der Waals surface area contributed by atoms with Crippen molar-refractivity contribution in [2.24, 2.45) is 5.92 Å². The predicted octanol–water partition coefficient (Wildman–Crippen LogP) is 2.35. The molecule has 0 bridgehead atoms. The van der Waals surface area contributed by atoms with E-state index in [1.165, 1.54) is 25.0 Å². The van der Waals surface area contributed by atoms with Crippen molar-refractivity contribution in [3.05, 3.63) is 35.6 Å². The molecular weight excluding hydrogens is 291 g/mol. The van der Waals surface area contributed by atoms with Gasteiger partial charge in [0.05, 0.1) is 6.10 Å². The number of halogens is 2. The number of aliphatic hydroxyl groups excluding tert-OH is 1. The Hall–Kier alpha value is -0.680. The molecule has 21 heavy (non-hydrogen) atoms. The summed E-state index contributed by atoms with van der Waals surface area (Å²) in [5.74, 6) is 0.465. The van der Waals surface area contributed by atoms with Crippen LogP contribution in [0, 0.1) is 11.7 Å². The summed E-state index contributed by atoms with van der Waals surface area (Å²) >= 11 is 0. The van der Waals surface area contributed by atoms with Gasteiger partial charge in [-0.05, 0) is 56.0 Å². The number of aliphatic hydroxyl groups is 1. The molecule has 2 fully saturated rings. The normalized spacial score (nSPS) is 30.1. The number of piperidine rings is 1. The molecule has 2 aliphatic rings. The highest BCUT2D eigenvalue weighted by atomic mass is 35.5. The molecule has 0 saturated carbocycles. The summed E-state index contributed by atoms with van der Waals surface area (Å²) in [5.41, 5.74) is 1.12. The van der Waals surface area contributed by atoms with Crippen molar-refractivity contribution in [3.8, 4) is 0 Å². The van der Waals surface area contributed by atoms with E-state index in [4.69, 9.17) is 0 Å². The van der Waals surface area contributed by atoms with Crippen molar-refractivity contribution >= 4 is 12.4 Å². The van der Waals surface area contributed by atoms with E-state index in [-0.39, 0.29) is 30.4 Å². The highest BCUT2D eigenvalue weighted by Gasteiger charge is 2.33. The first-order valence-electron chi connectivity index (χ1n) is 7.60. The van der Waals surface area contributed by atoms with Gasteiger partial charge in [0.25, 0.3) is 0 Å². The maximum Gasteiger partial charge on any atom is 0.123 e. The highest BCUT2D eigenvalue weighted by molar-refractivity contribution is 5.85. The highest BCUT2D eigenvalue weighted by Crippen LogP contribution is 2.33. The minimum Gasteiger partial charge on any atom is -0.392 e. The second kappa shape index (κ2) is 7.54. The summed E-state index contributed by atoms with van der Waals surface area (Å²) in [4.78, 5) is 2.37. The van der Waals surface area contributed by atoms with Gasteiger partial charge in [-0.1, -0.05) is 12.1 Å². The van der Waals surface area contributed by atoms with Gasteiger partial charge >= 0.3 is 0 Å². The van der Waals surface area contributed by atoms with Crippen molar-refractivity contribution < 1.29 is 9.50 Å². The average molecular weight is 315 g/mol. The first-order valence-corrected chi connectivity index (χ1v) is 7.60. The third kappa shape index (κ3) is 4.16. The summed E-state index contributed by atoms with van der Waals surface area (Å²) in [6.07, 6.45) is 2.99. The minimum atomic E-state index is -0.262. The molecule has 0 amide bonds. The Kier molecular flexibility index (Phi) is 5.99. The van der Waals surface area contributed by atoms with E-state index >= 15 is 0 Å². The van der Waals surface area contributed by atoms with E-state index in [1.807, 2.05) is 12.1 Å². The number of hydrogen-bond donors (Lipinski definition) is 2. The minimum absolute atomic E-state index is 0. The van der Waals surface area contributed by atoms with Gasteiger partial charge in [0.2, 0.25) is 0 Å². The van der Waals surface area contributed by atoms with Crippen molar-refractivity contribution in [2.45, 2.75) is 31.4 Å². The van der Waals surface area contributed by atoms with E-state index in [2.05, 4.69) is 10.2 Å². The van der Waals surface area contributed by atoms with Crippen LogP contribution in [0.5, 0.6) is 0 Å². The van der Waals surface area contributed by atoms with Crippen LogP contribution in [0.3, 0.4) is 0 Å². The summed E-state index contributed by atoms with van der Waals surface area (Å²) in [5, 5.41) is 13.4. The van der Waals surface area contributed by atoms with Crippen LogP contribution in [0.15, 0.2) is 24.3 Å². The Balaban J connectivity index is 0.00000161. The lowest BCUT2D eigenvalue weighted by Gasteiger charge is -2.31. The molecule has 1 aromatic carbocycles. The van der Waals surface area contributed by atoms with Gasteiger partial charge in [-0.15, -0.1) is 12.4 Å². The van der Waals surface area contributed by atoms with E-state index in [1.54, 1.807) is 0 Å². The fourth-order valence-corrected chi connectivity index (χ4v) is 3.52. The molecule has 2 heterocycles. The van der Waals surface area contributed by atoms with Crippen LogP contribution in [-0.4, -0.2) is 42.3 Å². The van der Waals surface area contributed by atoms with Crippen LogP contribution in [0.25, 0.3) is 0 Å². The Bertz CT molecular complexity index is 436. The monoisotopic (exact) mass is 314 g/mol. The molecule has 0 aromatic heterocycles. The molecule has 5 heteroatoms. The SMILES string of the molecule is Cl.OC1CC(c2ccc(F)cc2)N(CC2CCCNC2)C1. The molecule has 0 spiro atoms. The Morgan fingerprint density at radius 2 is 2.05 bits per heavy atom. The fraction of sp³-hybridized carbons (Fsp3) is 0.625. The third-order valence-corrected chi connectivity index (χ3v) is 4.53. The fourth-order valence-electron chi connectivity index (χ4n) is 3.52. The van der Waals surface area contributed by atoms with Crippen molar-refractivity contribution in [1.82, 2.24) is 10.2 Å². The first-order chi connectivity index (χ1) is 9.72. The zero-order chi connectivity index (χ0) is 13.9. The van der Waals surface area contributed by atoms with E-state index in [0.717, 1.165) is 38.2 Å². The molecule has 3 unspecified atom stereocenters. The lowest BCUT2D eigenvalue weighted by Crippen LogP contribution is -2.38. The number of rotatable bonds is 3. The van der Waals surface area contributed by atoms with Gasteiger partial charge in [-0.25, -0.2) is 4.39 Å². The second-order valence-electron chi connectivity index (χ2n) is 6.12. The smallest absolute Gasteiger partial charge is 0.123 e. The average Bonchev–Trinajstić information content (AvgIpc) is 2.81. The molecule has 1 aromatic rings. The van der Waals surface area contributed by atoms with Crippen LogP contribution in [0.2, 0.25) is 0 Å². The third-order valence-electron chi connectivity index (χ3n) is 4.53. The Morgan fingerprint density at radius 3 is 2.71 bits per heavy atom. The molecule has 0 radical (unpaired) electrons. The molecule has 3 atom stereocenters. The van der Waals surface area contributed by atoms with Crippen molar-refractivity contribution in [1.29, 1.82) is 0 Å². The van der Waals surface area contributed by atoms with Crippen LogP contribution in [0.1, 0.15) is 30.9 Å². The Labute approximate surface area is 131 Å². The summed E-state index contributed by atoms with van der Waals surface area (Å²) in [6.45, 7) is 3.95. The van der Waals surface area contributed by atoms with Crippen LogP contribution in [0.4, 0.5) is 4.39 Å². The largest absolute Gasteiger partial charge is 0.392 e. The second-order valence-corrected chi connectivity index (χ2v) is 6.12. The van der Waals surface area contributed by atoms with Gasteiger partial charge in [0.15, 0.2) is 0 Å². The maximum absolute atomic E-state index is 13.0. The van der Waals surface area contributed by atoms with Gasteiger partial charge in [0.1, 0.15) is 5.82 Å². The predicted molar refractivity (Wildman–Crippen MR) is 84.2 cm³/mol. The van der Waals surface area contributed by atoms with Crippen LogP contribution < -0.4 is 5.32 Å². The maximum atomic E-state index is 13.0. The molecule has 2 saturated heterocycles. The summed E-state index contributed by atoms with van der Waals surface area (Å²) in [7, 11) is 0. The number of likely N-dealkylation sites (tertiary alicyclic amines) is 1. The number of nitrogens with one attached hydrogen (secondary N) is 1. The van der Waals surface area contributed by atoms with E-state index in [0.29, 0.717) is 5.92 Å². The number of benzene rings is 1. The van der Waals surface area contributed by atoms with E-state index in [9.17, 15) is 9.50 Å². The van der Waals surface area contributed by atoms with Gasteiger partial charge in [-0.2, -0.15) is 0 Å². The number of hydrogen-bond acceptors (Lipinski definition) is 3. The van der Waals surface area contributed by atoms with E-state index < -0.39 is 0 Å². The first kappa shape index (κ1) is 16.7. The van der Waals surface area contributed by atoms with Crippen molar-refractivity contribution in [3.63, 3.8) is 0 Å². The molecule has 2 aliphatic heterocycles. The lowest BCUT2D eigenvalue weighted by atomic mass is 9.97. The van der Waals surface area contributed by atoms with Gasteiger partial charge in [-0.3, -0.25) is 4.90 Å². The molecule has 0 aliphatic carbocycles. The lowest BCUT2D eigenvalue weighted by molar-refractivity contribution is 0.159. The zero-order valence-electron chi connectivity index (χ0n) is 12.2. The molecule has 3 nitrogen and oxygen atoms in total. The van der Waals surface area contributed by atoms with Gasteiger partial charge < -0.3 is 10.4 Å². The van der Waals surface area contributed by atoms with Gasteiger partial charge in [0, 0.05) is 19.1 Å². The summed E-state index contributed by atoms with van der Waals surface area (Å²) < 4.78 is 13.0. The number of nitrogens with zero attached hydrogens (tertiary/aromatic N) is 1. The molecule has 2 N–H and O–H groups in total. The zero-order valence-corrected chi connectivity index (χ0v) is 13.0. The van der Waals surface area contributed by atoms with Crippen LogP contribution >= 0.6 is 12.4 Å². The topological polar surface area (TPSA) is 35.5 Å². The molecular formula is C16H24ClFN2O. The molecule has 118 valence electrons. The quantitative estimate of drug-likeness (QED) is 0.899. The number of β-amino-alcohol motifs (C(OH)–C–C–N with tert-alkyl or cyclic N) is 1. The molecule has 3 rings (SSSR count). The Morgan fingerprint density at radius 1 is 1.29 bits per heavy atom. The summed E-state index contributed by atoms with van der Waals surface area (Å²) in [6, 6.07) is 6.96. The van der Waals surface area contributed by atoms with Crippen molar-refractivity contribution in [2.75, 3.05) is 26.2 Å². The van der Waals surface area contributed by atoms with Crippen LogP contribution in [-0.2, 0) is 0 Å². The standard InChI is InChI=1S/C16H23FN2O.ClH/c17-14-5-3-13(4-6-14)16-8-15(20)11-19(16)10-12-2-1-7-18-9-12;/h3-6,12,15-16,18,20H,1-2,7-11H2;1H.